The van der Waals surface area contributed by atoms with Crippen LogP contribution in [-0.4, -0.2) is 15.6 Å². The molecule has 0 amide bonds. The highest BCUT2D eigenvalue weighted by Crippen LogP contribution is 2.30. The van der Waals surface area contributed by atoms with E-state index in [9.17, 15) is 18.0 Å². The molecule has 0 aliphatic rings. The van der Waals surface area contributed by atoms with E-state index in [1.165, 1.54) is 29.2 Å². The zero-order chi connectivity index (χ0) is 16.4. The van der Waals surface area contributed by atoms with Gasteiger partial charge in [-0.1, -0.05) is 30.3 Å². The molecule has 0 aliphatic carbocycles. The lowest BCUT2D eigenvalue weighted by Crippen LogP contribution is -2.07. The molecular weight excluding hydrogens is 305 g/mol. The van der Waals surface area contributed by atoms with Crippen LogP contribution >= 0.6 is 0 Å². The third kappa shape index (κ3) is 3.15. The van der Waals surface area contributed by atoms with Crippen LogP contribution in [0.2, 0.25) is 0 Å². The van der Waals surface area contributed by atoms with Crippen LogP contribution in [0.25, 0.3) is 5.69 Å². The number of para-hydroxylation sites is 1. The number of hydrogen-bond acceptors (Lipinski definition) is 2. The highest BCUT2D eigenvalue weighted by molar-refractivity contribution is 6.08. The van der Waals surface area contributed by atoms with Gasteiger partial charge in [-0.3, -0.25) is 4.79 Å². The Morgan fingerprint density at radius 2 is 1.70 bits per heavy atom. The smallest absolute Gasteiger partial charge is 0.288 e. The third-order valence-corrected chi connectivity index (χ3v) is 3.32. The number of benzene rings is 2. The van der Waals surface area contributed by atoms with Crippen molar-refractivity contribution >= 4 is 5.78 Å². The quantitative estimate of drug-likeness (QED) is 0.681. The van der Waals surface area contributed by atoms with E-state index in [-0.39, 0.29) is 11.1 Å². The molecule has 0 fully saturated rings. The summed E-state index contributed by atoms with van der Waals surface area (Å²) in [4.78, 5) is 12.3. The Balaban J connectivity index is 1.91. The topological polar surface area (TPSA) is 34.9 Å². The molecule has 1 heterocycles. The molecule has 6 heteroatoms. The normalized spacial score (nSPS) is 11.4. The maximum absolute atomic E-state index is 12.7. The van der Waals surface area contributed by atoms with E-state index in [0.717, 1.165) is 17.8 Å². The fourth-order valence-corrected chi connectivity index (χ4v) is 2.17. The van der Waals surface area contributed by atoms with Gasteiger partial charge in [0.1, 0.15) is 0 Å². The molecule has 3 rings (SSSR count). The number of carbonyl (C=O) groups excluding carboxylic acids is 1. The van der Waals surface area contributed by atoms with E-state index in [1.807, 2.05) is 30.3 Å². The Hall–Kier alpha value is -2.89. The molecule has 0 spiro atoms. The van der Waals surface area contributed by atoms with Crippen molar-refractivity contribution in [2.75, 3.05) is 0 Å². The van der Waals surface area contributed by atoms with Gasteiger partial charge in [-0.25, -0.2) is 4.68 Å². The Kier molecular flexibility index (Phi) is 3.73. The van der Waals surface area contributed by atoms with E-state index in [4.69, 9.17) is 0 Å². The van der Waals surface area contributed by atoms with Crippen LogP contribution in [0.3, 0.4) is 0 Å². The number of halogens is 3. The first-order valence-corrected chi connectivity index (χ1v) is 6.77. The Morgan fingerprint density at radius 3 is 2.39 bits per heavy atom. The van der Waals surface area contributed by atoms with Crippen molar-refractivity contribution in [3.8, 4) is 5.69 Å². The van der Waals surface area contributed by atoms with Gasteiger partial charge < -0.3 is 0 Å². The van der Waals surface area contributed by atoms with E-state index in [2.05, 4.69) is 5.10 Å². The number of rotatable bonds is 3. The van der Waals surface area contributed by atoms with Crippen LogP contribution in [0.5, 0.6) is 0 Å². The first-order chi connectivity index (χ1) is 10.9. The molecule has 0 N–H and O–H groups in total. The van der Waals surface area contributed by atoms with Crippen LogP contribution in [-0.2, 0) is 6.18 Å². The number of alkyl halides is 3. The summed E-state index contributed by atoms with van der Waals surface area (Å²) in [5.41, 5.74) is 0.120. The van der Waals surface area contributed by atoms with Crippen molar-refractivity contribution < 1.29 is 18.0 Å². The number of nitrogens with zero attached hydrogens (tertiary/aromatic N) is 2. The molecule has 0 atom stereocenters. The van der Waals surface area contributed by atoms with Gasteiger partial charge in [0.05, 0.1) is 23.0 Å². The van der Waals surface area contributed by atoms with Crippen molar-refractivity contribution in [1.82, 2.24) is 9.78 Å². The minimum Gasteiger partial charge on any atom is -0.288 e. The van der Waals surface area contributed by atoms with Gasteiger partial charge in [-0.15, -0.1) is 0 Å². The standard InChI is InChI=1S/C17H11F3N2O/c18-17(19,20)14-6-4-5-12(9-14)16(23)13-10-21-22(11-13)15-7-2-1-3-8-15/h1-11H. The van der Waals surface area contributed by atoms with Gasteiger partial charge in [-0.2, -0.15) is 18.3 Å². The van der Waals surface area contributed by atoms with Gasteiger partial charge >= 0.3 is 6.18 Å². The Labute approximate surface area is 130 Å². The van der Waals surface area contributed by atoms with Crippen LogP contribution in [0.4, 0.5) is 13.2 Å². The van der Waals surface area contributed by atoms with E-state index in [0.29, 0.717) is 0 Å². The second kappa shape index (κ2) is 5.72. The molecule has 3 nitrogen and oxygen atoms in total. The van der Waals surface area contributed by atoms with Crippen LogP contribution in [0.1, 0.15) is 21.5 Å². The molecule has 116 valence electrons. The monoisotopic (exact) mass is 316 g/mol. The zero-order valence-corrected chi connectivity index (χ0v) is 11.8. The second-order valence-electron chi connectivity index (χ2n) is 4.92. The predicted molar refractivity (Wildman–Crippen MR) is 78.4 cm³/mol. The molecule has 0 saturated heterocycles. The van der Waals surface area contributed by atoms with Crippen molar-refractivity contribution in [3.63, 3.8) is 0 Å². The average molecular weight is 316 g/mol. The molecule has 0 bridgehead atoms. The first kappa shape index (κ1) is 15.0. The zero-order valence-electron chi connectivity index (χ0n) is 11.8. The Bertz CT molecular complexity index is 838. The summed E-state index contributed by atoms with van der Waals surface area (Å²) in [6.45, 7) is 0. The summed E-state index contributed by atoms with van der Waals surface area (Å²) in [5, 5.41) is 4.08. The fourth-order valence-electron chi connectivity index (χ4n) is 2.17. The molecule has 0 saturated carbocycles. The van der Waals surface area contributed by atoms with Crippen molar-refractivity contribution in [2.24, 2.45) is 0 Å². The lowest BCUT2D eigenvalue weighted by Gasteiger charge is -2.07. The molecule has 0 aliphatic heterocycles. The number of carbonyl (C=O) groups is 1. The summed E-state index contributed by atoms with van der Waals surface area (Å²) < 4.78 is 39.7. The maximum Gasteiger partial charge on any atom is 0.416 e. The SMILES string of the molecule is O=C(c1cccc(C(F)(F)F)c1)c1cnn(-c2ccccc2)c1. The number of aromatic nitrogens is 2. The molecule has 2 aromatic carbocycles. The van der Waals surface area contributed by atoms with Gasteiger partial charge in [0.15, 0.2) is 5.78 Å². The third-order valence-electron chi connectivity index (χ3n) is 3.32. The minimum absolute atomic E-state index is 0.0209. The highest BCUT2D eigenvalue weighted by Gasteiger charge is 2.31. The van der Waals surface area contributed by atoms with Crippen LogP contribution in [0.15, 0.2) is 67.0 Å². The summed E-state index contributed by atoms with van der Waals surface area (Å²) in [5.74, 6) is -0.502. The number of hydrogen-bond donors (Lipinski definition) is 0. The average Bonchev–Trinajstić information content (AvgIpc) is 3.04. The molecule has 3 aromatic rings. The Morgan fingerprint density at radius 1 is 0.957 bits per heavy atom. The molecular formula is C17H11F3N2O. The molecule has 1 aromatic heterocycles. The van der Waals surface area contributed by atoms with Gasteiger partial charge in [0, 0.05) is 11.8 Å². The van der Waals surface area contributed by atoms with Gasteiger partial charge in [0.2, 0.25) is 0 Å². The van der Waals surface area contributed by atoms with E-state index < -0.39 is 17.5 Å². The fraction of sp³-hybridized carbons (Fsp3) is 0.0588. The van der Waals surface area contributed by atoms with Gasteiger partial charge in [-0.05, 0) is 24.3 Å². The summed E-state index contributed by atoms with van der Waals surface area (Å²) >= 11 is 0. The van der Waals surface area contributed by atoms with Crippen molar-refractivity contribution in [3.05, 3.63) is 83.7 Å². The van der Waals surface area contributed by atoms with Crippen molar-refractivity contribution in [1.29, 1.82) is 0 Å². The first-order valence-electron chi connectivity index (χ1n) is 6.77. The maximum atomic E-state index is 12.7. The van der Waals surface area contributed by atoms with Gasteiger partial charge in [0.25, 0.3) is 0 Å². The molecule has 0 radical (unpaired) electrons. The van der Waals surface area contributed by atoms with Crippen LogP contribution in [0, 0.1) is 0 Å². The summed E-state index contributed by atoms with van der Waals surface area (Å²) in [6.07, 6.45) is -1.64. The minimum atomic E-state index is -4.48. The lowest BCUT2D eigenvalue weighted by atomic mass is 10.0. The van der Waals surface area contributed by atoms with Crippen molar-refractivity contribution in [2.45, 2.75) is 6.18 Å². The lowest BCUT2D eigenvalue weighted by molar-refractivity contribution is -0.137. The summed E-state index contributed by atoms with van der Waals surface area (Å²) in [6, 6.07) is 13.5. The molecule has 0 unspecified atom stereocenters. The van der Waals surface area contributed by atoms with E-state index in [1.54, 1.807) is 0 Å². The summed E-state index contributed by atoms with van der Waals surface area (Å²) in [7, 11) is 0. The number of ketones is 1. The molecule has 23 heavy (non-hydrogen) atoms. The van der Waals surface area contributed by atoms with Crippen LogP contribution < -0.4 is 0 Å². The largest absolute Gasteiger partial charge is 0.416 e. The van der Waals surface area contributed by atoms with E-state index >= 15 is 0 Å². The highest BCUT2D eigenvalue weighted by atomic mass is 19.4. The predicted octanol–water partition coefficient (Wildman–Crippen LogP) is 4.12. The second-order valence-corrected chi connectivity index (χ2v) is 4.92.